The zero-order valence-electron chi connectivity index (χ0n) is 16.6. The molecule has 0 bridgehead atoms. The number of nitrogens with one attached hydrogen (secondary N) is 1. The second kappa shape index (κ2) is 7.59. The van der Waals surface area contributed by atoms with Crippen LogP contribution in [0.2, 0.25) is 0 Å². The Labute approximate surface area is 173 Å². The summed E-state index contributed by atoms with van der Waals surface area (Å²) >= 11 is 0. The molecule has 1 N–H and O–H groups in total. The van der Waals surface area contributed by atoms with Gasteiger partial charge in [-0.05, 0) is 31.9 Å². The minimum atomic E-state index is -0.397. The van der Waals surface area contributed by atoms with Gasteiger partial charge in [-0.3, -0.25) is 4.79 Å². The Kier molecular flexibility index (Phi) is 4.63. The van der Waals surface area contributed by atoms with Crippen LogP contribution in [-0.2, 0) is 0 Å². The van der Waals surface area contributed by atoms with E-state index in [0.717, 1.165) is 48.1 Å². The zero-order chi connectivity index (χ0) is 20.5. The van der Waals surface area contributed by atoms with Crippen molar-refractivity contribution in [3.05, 3.63) is 65.9 Å². The molecular formula is C23H21N5O2. The van der Waals surface area contributed by atoms with Gasteiger partial charge in [0.25, 0.3) is 5.91 Å². The summed E-state index contributed by atoms with van der Waals surface area (Å²) < 4.78 is 5.31. The number of para-hydroxylation sites is 2. The second-order valence-corrected chi connectivity index (χ2v) is 7.48. The van der Waals surface area contributed by atoms with Gasteiger partial charge in [0.2, 0.25) is 5.76 Å². The van der Waals surface area contributed by atoms with Crippen LogP contribution in [0, 0.1) is 6.92 Å². The van der Waals surface area contributed by atoms with Crippen molar-refractivity contribution in [3.8, 4) is 11.3 Å². The number of anilines is 2. The summed E-state index contributed by atoms with van der Waals surface area (Å²) in [6.07, 6.45) is 2.20. The molecule has 0 aliphatic carbocycles. The van der Waals surface area contributed by atoms with Crippen LogP contribution in [0.1, 0.15) is 29.0 Å². The Morgan fingerprint density at radius 2 is 1.70 bits per heavy atom. The van der Waals surface area contributed by atoms with Crippen molar-refractivity contribution in [2.45, 2.75) is 19.8 Å². The lowest BCUT2D eigenvalue weighted by Gasteiger charge is -2.19. The first-order chi connectivity index (χ1) is 14.7. The van der Waals surface area contributed by atoms with E-state index in [9.17, 15) is 4.79 Å². The molecule has 0 atom stereocenters. The average Bonchev–Trinajstić information content (AvgIpc) is 3.46. The quantitative estimate of drug-likeness (QED) is 0.546. The SMILES string of the molecule is Cc1ccc(-c2cc(C(=O)Nc3nc4ccccc4nc3N3CCCC3)on2)cc1. The highest BCUT2D eigenvalue weighted by Gasteiger charge is 2.22. The van der Waals surface area contributed by atoms with Crippen LogP contribution in [-0.4, -0.2) is 34.1 Å². The molecule has 1 aliphatic heterocycles. The molecule has 1 fully saturated rings. The highest BCUT2D eigenvalue weighted by Crippen LogP contribution is 2.28. The van der Waals surface area contributed by atoms with Crippen molar-refractivity contribution in [1.82, 2.24) is 15.1 Å². The molecule has 1 amide bonds. The van der Waals surface area contributed by atoms with Gasteiger partial charge in [-0.15, -0.1) is 0 Å². The smallest absolute Gasteiger partial charge is 0.295 e. The maximum absolute atomic E-state index is 12.9. The first-order valence-electron chi connectivity index (χ1n) is 10.0. The van der Waals surface area contributed by atoms with Crippen LogP contribution in [0.4, 0.5) is 11.6 Å². The number of carbonyl (C=O) groups excluding carboxylic acids is 1. The van der Waals surface area contributed by atoms with Crippen LogP contribution < -0.4 is 10.2 Å². The van der Waals surface area contributed by atoms with Crippen molar-refractivity contribution >= 4 is 28.6 Å². The molecule has 150 valence electrons. The molecule has 4 aromatic rings. The Hall–Kier alpha value is -3.74. The molecule has 2 aromatic heterocycles. The minimum Gasteiger partial charge on any atom is -0.354 e. The van der Waals surface area contributed by atoms with Crippen LogP contribution in [0.3, 0.4) is 0 Å². The highest BCUT2D eigenvalue weighted by molar-refractivity contribution is 6.04. The van der Waals surface area contributed by atoms with Crippen LogP contribution in [0.5, 0.6) is 0 Å². The number of hydrogen-bond acceptors (Lipinski definition) is 6. The fourth-order valence-corrected chi connectivity index (χ4v) is 3.64. The molecule has 2 aromatic carbocycles. The maximum Gasteiger partial charge on any atom is 0.295 e. The second-order valence-electron chi connectivity index (χ2n) is 7.48. The summed E-state index contributed by atoms with van der Waals surface area (Å²) in [6.45, 7) is 3.82. The third-order valence-electron chi connectivity index (χ3n) is 5.27. The standard InChI is InChI=1S/C23H21N5O2/c1-15-8-10-16(11-9-15)19-14-20(30-27-19)23(29)26-21-22(28-12-4-5-13-28)25-18-7-3-2-6-17(18)24-21/h2-3,6-11,14H,4-5,12-13H2,1H3,(H,24,26,29). The van der Waals surface area contributed by atoms with E-state index in [1.54, 1.807) is 6.07 Å². The van der Waals surface area contributed by atoms with Crippen molar-refractivity contribution in [2.75, 3.05) is 23.3 Å². The predicted octanol–water partition coefficient (Wildman–Crippen LogP) is 4.45. The monoisotopic (exact) mass is 399 g/mol. The van der Waals surface area contributed by atoms with Gasteiger partial charge in [-0.2, -0.15) is 0 Å². The molecular weight excluding hydrogens is 378 g/mol. The molecule has 0 radical (unpaired) electrons. The van der Waals surface area contributed by atoms with Gasteiger partial charge < -0.3 is 14.7 Å². The van der Waals surface area contributed by atoms with Gasteiger partial charge in [-0.25, -0.2) is 9.97 Å². The van der Waals surface area contributed by atoms with Gasteiger partial charge in [0, 0.05) is 24.7 Å². The first-order valence-corrected chi connectivity index (χ1v) is 10.0. The number of benzene rings is 2. The summed E-state index contributed by atoms with van der Waals surface area (Å²) in [7, 11) is 0. The van der Waals surface area contributed by atoms with Crippen molar-refractivity contribution in [2.24, 2.45) is 0 Å². The van der Waals surface area contributed by atoms with Gasteiger partial charge in [0.1, 0.15) is 5.69 Å². The lowest BCUT2D eigenvalue weighted by atomic mass is 10.1. The van der Waals surface area contributed by atoms with E-state index in [1.165, 1.54) is 0 Å². The fraction of sp³-hybridized carbons (Fsp3) is 0.217. The molecule has 7 heteroatoms. The van der Waals surface area contributed by atoms with Crippen LogP contribution >= 0.6 is 0 Å². The summed E-state index contributed by atoms with van der Waals surface area (Å²) in [6, 6.07) is 17.2. The zero-order valence-corrected chi connectivity index (χ0v) is 16.6. The van der Waals surface area contributed by atoms with Crippen molar-refractivity contribution in [3.63, 3.8) is 0 Å². The Morgan fingerprint density at radius 3 is 2.43 bits per heavy atom. The van der Waals surface area contributed by atoms with Crippen LogP contribution in [0.25, 0.3) is 22.3 Å². The van der Waals surface area contributed by atoms with E-state index in [1.807, 2.05) is 55.5 Å². The number of fused-ring (bicyclic) bond motifs is 1. The maximum atomic E-state index is 12.9. The normalized spacial score (nSPS) is 13.7. The van der Waals surface area contributed by atoms with E-state index in [-0.39, 0.29) is 5.76 Å². The van der Waals surface area contributed by atoms with E-state index in [4.69, 9.17) is 9.51 Å². The van der Waals surface area contributed by atoms with Gasteiger partial charge >= 0.3 is 0 Å². The summed E-state index contributed by atoms with van der Waals surface area (Å²) in [5.41, 5.74) is 4.20. The fourth-order valence-electron chi connectivity index (χ4n) is 3.64. The largest absolute Gasteiger partial charge is 0.354 e. The molecule has 0 unspecified atom stereocenters. The molecule has 30 heavy (non-hydrogen) atoms. The summed E-state index contributed by atoms with van der Waals surface area (Å²) in [4.78, 5) is 24.5. The molecule has 1 aliphatic rings. The molecule has 1 saturated heterocycles. The van der Waals surface area contributed by atoms with E-state index in [2.05, 4.69) is 20.4 Å². The van der Waals surface area contributed by atoms with E-state index >= 15 is 0 Å². The Bertz CT molecular complexity index is 1210. The van der Waals surface area contributed by atoms with E-state index < -0.39 is 5.91 Å². The Balaban J connectivity index is 1.45. The number of aromatic nitrogens is 3. The number of rotatable bonds is 4. The van der Waals surface area contributed by atoms with Gasteiger partial charge in [-0.1, -0.05) is 47.1 Å². The lowest BCUT2D eigenvalue weighted by molar-refractivity contribution is 0.0987. The van der Waals surface area contributed by atoms with E-state index in [0.29, 0.717) is 17.3 Å². The lowest BCUT2D eigenvalue weighted by Crippen LogP contribution is -2.23. The summed E-state index contributed by atoms with van der Waals surface area (Å²) in [5, 5.41) is 6.93. The number of carbonyl (C=O) groups is 1. The number of hydrogen-bond donors (Lipinski definition) is 1. The number of aryl methyl sites for hydroxylation is 1. The topological polar surface area (TPSA) is 84.2 Å². The number of nitrogens with zero attached hydrogens (tertiary/aromatic N) is 4. The average molecular weight is 399 g/mol. The molecule has 0 saturated carbocycles. The third kappa shape index (κ3) is 3.50. The number of amides is 1. The molecule has 3 heterocycles. The van der Waals surface area contributed by atoms with Crippen LogP contribution in [0.15, 0.2) is 59.1 Å². The summed E-state index contributed by atoms with van der Waals surface area (Å²) in [5.74, 6) is 0.866. The third-order valence-corrected chi connectivity index (χ3v) is 5.27. The first kappa shape index (κ1) is 18.3. The van der Waals surface area contributed by atoms with Gasteiger partial charge in [0.05, 0.1) is 11.0 Å². The predicted molar refractivity (Wildman–Crippen MR) is 116 cm³/mol. The minimum absolute atomic E-state index is 0.132. The van der Waals surface area contributed by atoms with Gasteiger partial charge in [0.15, 0.2) is 11.6 Å². The van der Waals surface area contributed by atoms with Crippen molar-refractivity contribution in [1.29, 1.82) is 0 Å². The molecule has 5 rings (SSSR count). The molecule has 0 spiro atoms. The molecule has 7 nitrogen and oxygen atoms in total. The Morgan fingerprint density at radius 1 is 1.00 bits per heavy atom. The van der Waals surface area contributed by atoms with Crippen molar-refractivity contribution < 1.29 is 9.32 Å². The highest BCUT2D eigenvalue weighted by atomic mass is 16.5.